The molecule has 0 bridgehead atoms. The highest BCUT2D eigenvalue weighted by Gasteiger charge is 2.23. The Labute approximate surface area is 156 Å². The van der Waals surface area contributed by atoms with Crippen molar-refractivity contribution in [1.82, 2.24) is 10.3 Å². The lowest BCUT2D eigenvalue weighted by Gasteiger charge is -2.17. The molecule has 0 fully saturated rings. The molecular formula is C19H19N3O3S. The summed E-state index contributed by atoms with van der Waals surface area (Å²) in [6.45, 7) is 3.67. The van der Waals surface area contributed by atoms with Crippen LogP contribution in [0.3, 0.4) is 0 Å². The number of benzene rings is 1. The lowest BCUT2D eigenvalue weighted by atomic mass is 10.1. The van der Waals surface area contributed by atoms with Crippen molar-refractivity contribution in [2.45, 2.75) is 24.9 Å². The molecule has 134 valence electrons. The van der Waals surface area contributed by atoms with E-state index < -0.39 is 12.0 Å². The fourth-order valence-electron chi connectivity index (χ4n) is 2.42. The van der Waals surface area contributed by atoms with Crippen molar-refractivity contribution in [3.8, 4) is 6.07 Å². The quantitative estimate of drug-likeness (QED) is 0.622. The topological polar surface area (TPSA) is 92.1 Å². The van der Waals surface area contributed by atoms with Gasteiger partial charge in [-0.05, 0) is 31.0 Å². The molecule has 26 heavy (non-hydrogen) atoms. The van der Waals surface area contributed by atoms with Gasteiger partial charge < -0.3 is 10.1 Å². The average Bonchev–Trinajstić information content (AvgIpc) is 2.64. The molecule has 6 nitrogen and oxygen atoms in total. The fraction of sp³-hybridized carbons (Fsp3) is 0.263. The van der Waals surface area contributed by atoms with E-state index in [0.29, 0.717) is 16.2 Å². The number of rotatable bonds is 6. The molecule has 0 aliphatic rings. The molecule has 1 amide bonds. The van der Waals surface area contributed by atoms with Gasteiger partial charge in [-0.2, -0.15) is 5.26 Å². The normalized spacial score (nSPS) is 11.3. The molecule has 0 aliphatic heterocycles. The van der Waals surface area contributed by atoms with Crippen molar-refractivity contribution >= 4 is 23.6 Å². The van der Waals surface area contributed by atoms with E-state index in [1.54, 1.807) is 24.3 Å². The van der Waals surface area contributed by atoms with Crippen molar-refractivity contribution in [2.24, 2.45) is 0 Å². The third-order valence-electron chi connectivity index (χ3n) is 3.64. The summed E-state index contributed by atoms with van der Waals surface area (Å²) in [5, 5.41) is 12.5. The van der Waals surface area contributed by atoms with Crippen LogP contribution in [-0.2, 0) is 14.3 Å². The highest BCUT2D eigenvalue weighted by molar-refractivity contribution is 8.00. The summed E-state index contributed by atoms with van der Waals surface area (Å²) in [4.78, 5) is 28.7. The van der Waals surface area contributed by atoms with Gasteiger partial charge in [0.25, 0.3) is 0 Å². The minimum absolute atomic E-state index is 0.0326. The molecule has 1 aromatic heterocycles. The predicted molar refractivity (Wildman–Crippen MR) is 98.5 cm³/mol. The number of nitrogens with zero attached hydrogens (tertiary/aromatic N) is 2. The zero-order chi connectivity index (χ0) is 19.1. The van der Waals surface area contributed by atoms with Crippen LogP contribution in [0.15, 0.2) is 41.4 Å². The van der Waals surface area contributed by atoms with Crippen molar-refractivity contribution in [2.75, 3.05) is 12.9 Å². The third-order valence-corrected chi connectivity index (χ3v) is 4.61. The van der Waals surface area contributed by atoms with Crippen LogP contribution in [0.5, 0.6) is 0 Å². The molecule has 2 aromatic rings. The molecule has 0 aliphatic carbocycles. The SMILES string of the molecule is COC(=O)[C@H](NC(=O)CSc1nc(C)cc(C)c1C#N)c1ccccc1. The number of nitriles is 1. The molecule has 7 heteroatoms. The number of carbonyl (C=O) groups excluding carboxylic acids is 2. The zero-order valence-electron chi connectivity index (χ0n) is 14.8. The van der Waals surface area contributed by atoms with Crippen molar-refractivity contribution < 1.29 is 14.3 Å². The molecule has 1 heterocycles. The first-order valence-corrected chi connectivity index (χ1v) is 8.88. The van der Waals surface area contributed by atoms with Crippen molar-refractivity contribution in [3.63, 3.8) is 0 Å². The van der Waals surface area contributed by atoms with Gasteiger partial charge in [0, 0.05) is 5.69 Å². The van der Waals surface area contributed by atoms with Crippen LogP contribution in [0.4, 0.5) is 0 Å². The molecule has 0 spiro atoms. The number of thioether (sulfide) groups is 1. The van der Waals surface area contributed by atoms with Crippen LogP contribution in [0.25, 0.3) is 0 Å². The van der Waals surface area contributed by atoms with Gasteiger partial charge in [-0.25, -0.2) is 9.78 Å². The number of pyridine rings is 1. The van der Waals surface area contributed by atoms with E-state index in [-0.39, 0.29) is 11.7 Å². The van der Waals surface area contributed by atoms with Crippen LogP contribution in [0.1, 0.15) is 28.4 Å². The second kappa shape index (κ2) is 9.02. The molecule has 1 N–H and O–H groups in total. The third kappa shape index (κ3) is 4.83. The lowest BCUT2D eigenvalue weighted by molar-refractivity contribution is -0.145. The predicted octanol–water partition coefficient (Wildman–Crippen LogP) is 2.69. The Balaban J connectivity index is 2.10. The highest BCUT2D eigenvalue weighted by Crippen LogP contribution is 2.24. The van der Waals surface area contributed by atoms with Crippen LogP contribution in [-0.4, -0.2) is 29.7 Å². The number of hydrogen-bond donors (Lipinski definition) is 1. The number of carbonyl (C=O) groups is 2. The number of amides is 1. The maximum Gasteiger partial charge on any atom is 0.333 e. The second-order valence-corrected chi connectivity index (χ2v) is 6.56. The van der Waals surface area contributed by atoms with E-state index in [1.807, 2.05) is 26.0 Å². The largest absolute Gasteiger partial charge is 0.467 e. The van der Waals surface area contributed by atoms with E-state index in [4.69, 9.17) is 4.74 Å². The Morgan fingerprint density at radius 2 is 2.00 bits per heavy atom. The zero-order valence-corrected chi connectivity index (χ0v) is 15.6. The number of aromatic nitrogens is 1. The van der Waals surface area contributed by atoms with Gasteiger partial charge in [0.1, 0.15) is 11.1 Å². The van der Waals surface area contributed by atoms with Gasteiger partial charge in [0.05, 0.1) is 18.4 Å². The van der Waals surface area contributed by atoms with Gasteiger partial charge in [0.2, 0.25) is 5.91 Å². The molecule has 2 rings (SSSR count). The van der Waals surface area contributed by atoms with Gasteiger partial charge in [0.15, 0.2) is 6.04 Å². The van der Waals surface area contributed by atoms with Crippen LogP contribution < -0.4 is 5.32 Å². The van der Waals surface area contributed by atoms with Gasteiger partial charge in [-0.15, -0.1) is 0 Å². The molecule has 0 saturated carbocycles. The molecule has 0 radical (unpaired) electrons. The molecule has 1 aromatic carbocycles. The summed E-state index contributed by atoms with van der Waals surface area (Å²) >= 11 is 1.17. The van der Waals surface area contributed by atoms with E-state index in [9.17, 15) is 14.9 Å². The monoisotopic (exact) mass is 369 g/mol. The second-order valence-electron chi connectivity index (χ2n) is 5.60. The summed E-state index contributed by atoms with van der Waals surface area (Å²) in [7, 11) is 1.28. The van der Waals surface area contributed by atoms with E-state index in [0.717, 1.165) is 11.3 Å². The van der Waals surface area contributed by atoms with Crippen LogP contribution in [0, 0.1) is 25.2 Å². The number of ether oxygens (including phenoxy) is 1. The molecule has 1 atom stereocenters. The minimum atomic E-state index is -0.878. The summed E-state index contributed by atoms with van der Waals surface area (Å²) in [6.07, 6.45) is 0. The van der Waals surface area contributed by atoms with Gasteiger partial charge >= 0.3 is 5.97 Å². The average molecular weight is 369 g/mol. The molecule has 0 unspecified atom stereocenters. The van der Waals surface area contributed by atoms with E-state index in [2.05, 4.69) is 16.4 Å². The van der Waals surface area contributed by atoms with Gasteiger partial charge in [-0.1, -0.05) is 42.1 Å². The fourth-order valence-corrected chi connectivity index (χ4v) is 3.33. The Morgan fingerprint density at radius 1 is 1.31 bits per heavy atom. The van der Waals surface area contributed by atoms with Crippen LogP contribution in [0.2, 0.25) is 0 Å². The molecule has 0 saturated heterocycles. The number of hydrogen-bond acceptors (Lipinski definition) is 6. The Bertz CT molecular complexity index is 847. The van der Waals surface area contributed by atoms with E-state index >= 15 is 0 Å². The summed E-state index contributed by atoms with van der Waals surface area (Å²) in [6, 6.07) is 11.9. The summed E-state index contributed by atoms with van der Waals surface area (Å²) in [5.41, 5.74) is 2.70. The van der Waals surface area contributed by atoms with Crippen molar-refractivity contribution in [3.05, 3.63) is 58.8 Å². The lowest BCUT2D eigenvalue weighted by Crippen LogP contribution is -2.35. The molecular weight excluding hydrogens is 350 g/mol. The maximum atomic E-state index is 12.3. The number of aryl methyl sites for hydroxylation is 2. The number of nitrogens with one attached hydrogen (secondary N) is 1. The Kier molecular flexibility index (Phi) is 6.75. The number of esters is 1. The summed E-state index contributed by atoms with van der Waals surface area (Å²) in [5.74, 6) is -0.860. The standard InChI is InChI=1S/C19H19N3O3S/c1-12-9-13(2)21-18(15(12)10-20)26-11-16(23)22-17(19(24)25-3)14-7-5-4-6-8-14/h4-9,17H,11H2,1-3H3,(H,22,23)/t17-/m1/s1. The Hall–Kier alpha value is -2.85. The minimum Gasteiger partial charge on any atom is -0.467 e. The highest BCUT2D eigenvalue weighted by atomic mass is 32.2. The van der Waals surface area contributed by atoms with E-state index in [1.165, 1.54) is 18.9 Å². The maximum absolute atomic E-state index is 12.3. The van der Waals surface area contributed by atoms with Crippen molar-refractivity contribution in [1.29, 1.82) is 5.26 Å². The summed E-state index contributed by atoms with van der Waals surface area (Å²) < 4.78 is 4.78. The first-order chi connectivity index (χ1) is 12.5. The van der Waals surface area contributed by atoms with Crippen LogP contribution >= 0.6 is 11.8 Å². The smallest absolute Gasteiger partial charge is 0.333 e. The number of methoxy groups -OCH3 is 1. The first-order valence-electron chi connectivity index (χ1n) is 7.89. The van der Waals surface area contributed by atoms with Gasteiger partial charge in [-0.3, -0.25) is 4.79 Å². The first kappa shape index (κ1) is 19.5. The Morgan fingerprint density at radius 3 is 2.62 bits per heavy atom.